The number of pyridine rings is 1. The highest BCUT2D eigenvalue weighted by Crippen LogP contribution is 2.37. The number of carbonyl (C=O) groups is 2. The smallest absolute Gasteiger partial charge is 0.341 e. The molecule has 33 heavy (non-hydrogen) atoms. The van der Waals surface area contributed by atoms with Gasteiger partial charge in [0.15, 0.2) is 11.0 Å². The van der Waals surface area contributed by atoms with Crippen molar-refractivity contribution >= 4 is 40.0 Å². The van der Waals surface area contributed by atoms with Crippen LogP contribution in [0.1, 0.15) is 53.4 Å². The Kier molecular flexibility index (Phi) is 7.77. The van der Waals surface area contributed by atoms with Crippen molar-refractivity contribution in [1.82, 2.24) is 19.7 Å². The molecule has 0 bridgehead atoms. The lowest BCUT2D eigenvalue weighted by atomic mass is 9.96. The van der Waals surface area contributed by atoms with Crippen molar-refractivity contribution in [2.45, 2.75) is 57.1 Å². The molecular weight excluding hydrogens is 458 g/mol. The summed E-state index contributed by atoms with van der Waals surface area (Å²) in [5, 5.41) is 12.7. The van der Waals surface area contributed by atoms with Gasteiger partial charge in [-0.2, -0.15) is 0 Å². The number of fused-ring (bicyclic) bond motifs is 1. The Morgan fingerprint density at radius 1 is 1.18 bits per heavy atom. The van der Waals surface area contributed by atoms with E-state index < -0.39 is 0 Å². The van der Waals surface area contributed by atoms with Gasteiger partial charge in [-0.25, -0.2) is 4.79 Å². The van der Waals surface area contributed by atoms with Crippen molar-refractivity contribution in [3.05, 3.63) is 40.4 Å². The van der Waals surface area contributed by atoms with Crippen molar-refractivity contribution < 1.29 is 14.3 Å². The van der Waals surface area contributed by atoms with Crippen molar-refractivity contribution in [2.75, 3.05) is 18.2 Å². The van der Waals surface area contributed by atoms with Crippen molar-refractivity contribution in [2.24, 2.45) is 0 Å². The fourth-order valence-electron chi connectivity index (χ4n) is 3.98. The van der Waals surface area contributed by atoms with E-state index >= 15 is 0 Å². The number of nitrogens with zero attached hydrogens (tertiary/aromatic N) is 4. The first-order valence-corrected chi connectivity index (χ1v) is 12.9. The number of aromatic nitrogens is 4. The normalized spacial score (nSPS) is 13.6. The van der Waals surface area contributed by atoms with Gasteiger partial charge in [0.2, 0.25) is 5.91 Å². The second-order valence-corrected chi connectivity index (χ2v) is 9.76. The van der Waals surface area contributed by atoms with Crippen LogP contribution in [0.15, 0.2) is 29.6 Å². The Bertz CT molecular complexity index is 1130. The predicted octanol–water partition coefficient (Wildman–Crippen LogP) is 4.60. The number of thiophene rings is 1. The van der Waals surface area contributed by atoms with Gasteiger partial charge >= 0.3 is 5.97 Å². The van der Waals surface area contributed by atoms with Gasteiger partial charge < -0.3 is 14.6 Å². The predicted molar refractivity (Wildman–Crippen MR) is 130 cm³/mol. The molecule has 0 unspecified atom stereocenters. The second kappa shape index (κ2) is 10.9. The van der Waals surface area contributed by atoms with E-state index in [0.717, 1.165) is 43.4 Å². The van der Waals surface area contributed by atoms with Crippen molar-refractivity contribution in [3.63, 3.8) is 0 Å². The maximum atomic E-state index is 12.8. The number of methoxy groups -OCH3 is 1. The monoisotopic (exact) mass is 485 g/mol. The summed E-state index contributed by atoms with van der Waals surface area (Å²) in [6, 6.07) is 5.64. The fraction of sp³-hybridized carbons (Fsp3) is 0.435. The Morgan fingerprint density at radius 2 is 2.00 bits per heavy atom. The molecule has 3 aromatic rings. The van der Waals surface area contributed by atoms with E-state index in [1.165, 1.54) is 41.5 Å². The van der Waals surface area contributed by atoms with E-state index in [1.807, 2.05) is 29.7 Å². The molecule has 10 heteroatoms. The van der Waals surface area contributed by atoms with Crippen LogP contribution in [0.25, 0.3) is 11.5 Å². The Hall–Kier alpha value is -2.72. The quantitative estimate of drug-likeness (QED) is 0.386. The molecule has 0 radical (unpaired) electrons. The van der Waals surface area contributed by atoms with Crippen LogP contribution in [0.3, 0.4) is 0 Å². The van der Waals surface area contributed by atoms with Crippen LogP contribution in [-0.2, 0) is 28.9 Å². The first kappa shape index (κ1) is 23.4. The summed E-state index contributed by atoms with van der Waals surface area (Å²) in [6.07, 6.45) is 7.99. The average molecular weight is 486 g/mol. The highest BCUT2D eigenvalue weighted by molar-refractivity contribution is 7.99. The van der Waals surface area contributed by atoms with Crippen molar-refractivity contribution in [3.8, 4) is 11.5 Å². The van der Waals surface area contributed by atoms with Gasteiger partial charge in [-0.05, 0) is 50.3 Å². The zero-order valence-electron chi connectivity index (χ0n) is 18.8. The third-order valence-electron chi connectivity index (χ3n) is 5.57. The van der Waals surface area contributed by atoms with Gasteiger partial charge in [-0.15, -0.1) is 21.5 Å². The number of ether oxygens (including phenoxy) is 1. The van der Waals surface area contributed by atoms with E-state index in [0.29, 0.717) is 28.1 Å². The molecule has 0 atom stereocenters. The topological polar surface area (TPSA) is 99.0 Å². The van der Waals surface area contributed by atoms with E-state index in [1.54, 1.807) is 6.20 Å². The highest BCUT2D eigenvalue weighted by atomic mass is 32.2. The van der Waals surface area contributed by atoms with Crippen LogP contribution in [0, 0.1) is 0 Å². The molecule has 1 N–H and O–H groups in total. The van der Waals surface area contributed by atoms with Gasteiger partial charge in [0.1, 0.15) is 10.7 Å². The fourth-order valence-corrected chi connectivity index (χ4v) is 6.08. The van der Waals surface area contributed by atoms with Gasteiger partial charge in [0, 0.05) is 17.6 Å². The number of anilines is 1. The number of hydrogen-bond acceptors (Lipinski definition) is 8. The maximum absolute atomic E-state index is 12.8. The Balaban J connectivity index is 1.49. The first-order valence-electron chi connectivity index (χ1n) is 11.1. The number of carbonyl (C=O) groups excluding carboxylic acids is 2. The lowest BCUT2D eigenvalue weighted by Gasteiger charge is -2.11. The third-order valence-corrected chi connectivity index (χ3v) is 7.75. The lowest BCUT2D eigenvalue weighted by molar-refractivity contribution is -0.113. The molecule has 1 aliphatic carbocycles. The standard InChI is InChI=1S/C23H27N5O3S2/c1-3-28-20(16-11-8-9-13-24-16)26-27-23(28)32-14-18(29)25-21-19(22(30)31-2)15-10-6-4-5-7-12-17(15)33-21/h8-9,11,13H,3-7,10,12,14H2,1-2H3,(H,25,29). The summed E-state index contributed by atoms with van der Waals surface area (Å²) < 4.78 is 6.98. The van der Waals surface area contributed by atoms with Gasteiger partial charge in [0.25, 0.3) is 0 Å². The number of esters is 1. The zero-order chi connectivity index (χ0) is 23.2. The molecule has 0 saturated heterocycles. The van der Waals surface area contributed by atoms with Gasteiger partial charge in [-0.3, -0.25) is 9.78 Å². The van der Waals surface area contributed by atoms with Crippen LogP contribution >= 0.6 is 23.1 Å². The molecule has 0 aromatic carbocycles. The summed E-state index contributed by atoms with van der Waals surface area (Å²) in [6.45, 7) is 2.66. The van der Waals surface area contributed by atoms with E-state index in [-0.39, 0.29) is 17.6 Å². The van der Waals surface area contributed by atoms with E-state index in [9.17, 15) is 9.59 Å². The summed E-state index contributed by atoms with van der Waals surface area (Å²) >= 11 is 2.82. The van der Waals surface area contributed by atoms with E-state index in [2.05, 4.69) is 20.5 Å². The first-order chi connectivity index (χ1) is 16.1. The average Bonchev–Trinajstić information content (AvgIpc) is 3.38. The van der Waals surface area contributed by atoms with E-state index in [4.69, 9.17) is 4.74 Å². The molecule has 174 valence electrons. The zero-order valence-corrected chi connectivity index (χ0v) is 20.4. The summed E-state index contributed by atoms with van der Waals surface area (Å²) in [5.74, 6) is 0.252. The summed E-state index contributed by atoms with van der Waals surface area (Å²) in [5.41, 5.74) is 2.30. The lowest BCUT2D eigenvalue weighted by Crippen LogP contribution is -2.17. The molecule has 0 spiro atoms. The number of nitrogens with one attached hydrogen (secondary N) is 1. The van der Waals surface area contributed by atoms with Gasteiger partial charge in [0.05, 0.1) is 18.4 Å². The molecule has 3 aromatic heterocycles. The highest BCUT2D eigenvalue weighted by Gasteiger charge is 2.26. The molecule has 1 amide bonds. The van der Waals surface area contributed by atoms with Crippen LogP contribution in [-0.4, -0.2) is 44.5 Å². The minimum absolute atomic E-state index is 0.156. The van der Waals surface area contributed by atoms with Crippen LogP contribution in [0.4, 0.5) is 5.00 Å². The van der Waals surface area contributed by atoms with Crippen LogP contribution in [0.5, 0.6) is 0 Å². The van der Waals surface area contributed by atoms with Crippen molar-refractivity contribution in [1.29, 1.82) is 0 Å². The maximum Gasteiger partial charge on any atom is 0.341 e. The second-order valence-electron chi connectivity index (χ2n) is 7.72. The van der Waals surface area contributed by atoms with Crippen LogP contribution in [0.2, 0.25) is 0 Å². The van der Waals surface area contributed by atoms with Crippen LogP contribution < -0.4 is 5.32 Å². The third kappa shape index (κ3) is 5.27. The molecule has 0 saturated carbocycles. The number of amides is 1. The number of thioether (sulfide) groups is 1. The number of hydrogen-bond donors (Lipinski definition) is 1. The Labute approximate surface area is 201 Å². The minimum Gasteiger partial charge on any atom is -0.465 e. The molecule has 8 nitrogen and oxygen atoms in total. The van der Waals surface area contributed by atoms with Gasteiger partial charge in [-0.1, -0.05) is 30.7 Å². The number of aryl methyl sites for hydroxylation is 1. The number of rotatable bonds is 7. The molecule has 4 rings (SSSR count). The molecule has 0 fully saturated rings. The molecular formula is C23H27N5O3S2. The molecule has 0 aliphatic heterocycles. The minimum atomic E-state index is -0.387. The largest absolute Gasteiger partial charge is 0.465 e. The molecule has 3 heterocycles. The summed E-state index contributed by atoms with van der Waals surface area (Å²) in [7, 11) is 1.38. The Morgan fingerprint density at radius 3 is 2.73 bits per heavy atom. The summed E-state index contributed by atoms with van der Waals surface area (Å²) in [4.78, 5) is 30.9. The molecule has 1 aliphatic rings. The SMILES string of the molecule is CCn1c(SCC(=O)Nc2sc3c(c2C(=O)OC)CCCCCC3)nnc1-c1ccccn1.